The summed E-state index contributed by atoms with van der Waals surface area (Å²) in [6.07, 6.45) is 8.32. The number of hydrogen-bond donors (Lipinski definition) is 2. The number of nitrogens with zero attached hydrogens (tertiary/aromatic N) is 3. The number of rotatable bonds is 9. The topological polar surface area (TPSA) is 117 Å². The Kier molecular flexibility index (Phi) is 8.69. The lowest BCUT2D eigenvalue weighted by Gasteiger charge is -2.34. The number of ether oxygens (including phenoxy) is 2. The quantitative estimate of drug-likeness (QED) is 0.446. The average Bonchev–Trinajstić information content (AvgIpc) is 2.88. The molecule has 2 unspecified atom stereocenters. The van der Waals surface area contributed by atoms with Crippen LogP contribution in [0.5, 0.6) is 5.88 Å². The van der Waals surface area contributed by atoms with Crippen molar-refractivity contribution in [2.45, 2.75) is 37.7 Å². The Morgan fingerprint density at radius 3 is 2.81 bits per heavy atom. The van der Waals surface area contributed by atoms with E-state index in [0.29, 0.717) is 24.1 Å². The number of carbonyl (C=O) groups excluding carboxylic acids is 1. The van der Waals surface area contributed by atoms with E-state index in [1.54, 1.807) is 19.2 Å². The molecule has 198 valence electrons. The fraction of sp³-hybridized carbons (Fsp3) is 0.423. The van der Waals surface area contributed by atoms with Crippen molar-refractivity contribution < 1.29 is 18.7 Å². The zero-order chi connectivity index (χ0) is 26.6. The van der Waals surface area contributed by atoms with Gasteiger partial charge in [0.1, 0.15) is 11.9 Å². The molecule has 2 heterocycles. The van der Waals surface area contributed by atoms with Gasteiger partial charge in [0, 0.05) is 34.7 Å². The number of nitrogens with two attached hydrogens (primary N) is 2. The summed E-state index contributed by atoms with van der Waals surface area (Å²) < 4.78 is 25.5. The first-order valence-electron chi connectivity index (χ1n) is 12.1. The summed E-state index contributed by atoms with van der Waals surface area (Å²) in [5, 5.41) is 0.126. The standard InChI is InChI=1S/C26H30Cl2FN5O3/c1-16(21-18(27)5-6-19(29)22(21)28)37-25-23(30)32-15-20(33-25)26(7-2-4-17(14-26)24(31)35)8-3-9-34-10-12-36-13-11-34/h2,4-7,15-16H,3,8-14H2,1H3,(H2,30,32)(H2,31,35). The number of hydrogen-bond acceptors (Lipinski definition) is 7. The summed E-state index contributed by atoms with van der Waals surface area (Å²) in [5.74, 6) is -0.960. The molecule has 1 amide bonds. The van der Waals surface area contributed by atoms with Gasteiger partial charge in [-0.3, -0.25) is 9.69 Å². The third-order valence-corrected chi connectivity index (χ3v) is 7.50. The third kappa shape index (κ3) is 6.23. The first kappa shape index (κ1) is 27.3. The Balaban J connectivity index is 1.62. The van der Waals surface area contributed by atoms with Crippen molar-refractivity contribution in [2.24, 2.45) is 5.73 Å². The van der Waals surface area contributed by atoms with Crippen LogP contribution < -0.4 is 16.2 Å². The molecule has 1 fully saturated rings. The molecule has 2 aliphatic rings. The van der Waals surface area contributed by atoms with E-state index in [0.717, 1.165) is 39.3 Å². The van der Waals surface area contributed by atoms with Crippen molar-refractivity contribution in [3.63, 3.8) is 0 Å². The van der Waals surface area contributed by atoms with Crippen LogP contribution in [0, 0.1) is 5.82 Å². The molecule has 1 aliphatic carbocycles. The molecule has 1 aliphatic heterocycles. The first-order chi connectivity index (χ1) is 17.7. The highest BCUT2D eigenvalue weighted by atomic mass is 35.5. The number of anilines is 1. The number of halogens is 3. The van der Waals surface area contributed by atoms with Gasteiger partial charge in [-0.05, 0) is 44.9 Å². The van der Waals surface area contributed by atoms with Crippen LogP contribution in [0.25, 0.3) is 0 Å². The van der Waals surface area contributed by atoms with Crippen LogP contribution >= 0.6 is 23.2 Å². The highest BCUT2D eigenvalue weighted by Gasteiger charge is 2.36. The van der Waals surface area contributed by atoms with E-state index in [1.165, 1.54) is 12.1 Å². The number of benzene rings is 1. The zero-order valence-corrected chi connectivity index (χ0v) is 22.1. The summed E-state index contributed by atoms with van der Waals surface area (Å²) >= 11 is 12.4. The van der Waals surface area contributed by atoms with Crippen LogP contribution in [0.2, 0.25) is 10.0 Å². The van der Waals surface area contributed by atoms with Crippen molar-refractivity contribution in [1.82, 2.24) is 14.9 Å². The lowest BCUT2D eigenvalue weighted by molar-refractivity contribution is -0.114. The van der Waals surface area contributed by atoms with Crippen LogP contribution in [0.3, 0.4) is 0 Å². The minimum Gasteiger partial charge on any atom is -0.467 e. The molecule has 1 aromatic carbocycles. The van der Waals surface area contributed by atoms with Gasteiger partial charge in [-0.15, -0.1) is 0 Å². The van der Waals surface area contributed by atoms with E-state index >= 15 is 0 Å². The second-order valence-corrected chi connectivity index (χ2v) is 10.1. The fourth-order valence-electron chi connectivity index (χ4n) is 4.74. The number of aromatic nitrogens is 2. The lowest BCUT2D eigenvalue weighted by atomic mass is 9.72. The van der Waals surface area contributed by atoms with E-state index < -0.39 is 23.2 Å². The van der Waals surface area contributed by atoms with E-state index in [9.17, 15) is 9.18 Å². The van der Waals surface area contributed by atoms with Gasteiger partial charge in [0.05, 0.1) is 30.1 Å². The Morgan fingerprint density at radius 1 is 1.32 bits per heavy atom. The highest BCUT2D eigenvalue weighted by molar-refractivity contribution is 6.36. The molecule has 0 bridgehead atoms. The minimum absolute atomic E-state index is 0.0631. The molecule has 37 heavy (non-hydrogen) atoms. The number of allylic oxidation sites excluding steroid dienone is 3. The molecular formula is C26H30Cl2FN5O3. The Morgan fingerprint density at radius 2 is 2.08 bits per heavy atom. The zero-order valence-electron chi connectivity index (χ0n) is 20.6. The average molecular weight is 550 g/mol. The maximum absolute atomic E-state index is 14.1. The van der Waals surface area contributed by atoms with Crippen molar-refractivity contribution in [2.75, 3.05) is 38.6 Å². The summed E-state index contributed by atoms with van der Waals surface area (Å²) in [7, 11) is 0. The van der Waals surface area contributed by atoms with Crippen LogP contribution in [0.4, 0.5) is 10.2 Å². The SMILES string of the molecule is CC(Oc1nc(C2(CCCN3CCOCC3)C=CC=C(C(N)=O)C2)cnc1N)c1c(Cl)ccc(F)c1Cl. The minimum atomic E-state index is -0.761. The van der Waals surface area contributed by atoms with Crippen molar-refractivity contribution in [3.05, 3.63) is 69.3 Å². The molecule has 8 nitrogen and oxygen atoms in total. The summed E-state index contributed by atoms with van der Waals surface area (Å²) in [6, 6.07) is 2.60. The fourth-order valence-corrected chi connectivity index (χ4v) is 5.42. The number of morpholine rings is 1. The van der Waals surface area contributed by atoms with Crippen LogP contribution in [-0.4, -0.2) is 53.6 Å². The molecule has 4 N–H and O–H groups in total. The van der Waals surface area contributed by atoms with Crippen molar-refractivity contribution >= 4 is 34.9 Å². The lowest BCUT2D eigenvalue weighted by Crippen LogP contribution is -2.38. The first-order valence-corrected chi connectivity index (χ1v) is 12.9. The molecular weight excluding hydrogens is 520 g/mol. The van der Waals surface area contributed by atoms with Crippen LogP contribution in [0.15, 0.2) is 42.1 Å². The van der Waals surface area contributed by atoms with Crippen molar-refractivity contribution in [1.29, 1.82) is 0 Å². The smallest absolute Gasteiger partial charge is 0.258 e. The van der Waals surface area contributed by atoms with Gasteiger partial charge < -0.3 is 20.9 Å². The van der Waals surface area contributed by atoms with E-state index in [1.807, 2.05) is 12.2 Å². The van der Waals surface area contributed by atoms with Gasteiger partial charge in [-0.25, -0.2) is 14.4 Å². The second kappa shape index (κ2) is 11.8. The van der Waals surface area contributed by atoms with Gasteiger partial charge in [0.15, 0.2) is 5.82 Å². The van der Waals surface area contributed by atoms with Gasteiger partial charge in [0.2, 0.25) is 5.91 Å². The number of amides is 1. The predicted octanol–water partition coefficient (Wildman–Crippen LogP) is 4.37. The Hall–Kier alpha value is -2.72. The van der Waals surface area contributed by atoms with E-state index in [4.69, 9.17) is 49.1 Å². The normalized spacial score (nSPS) is 20.9. The molecule has 1 saturated heterocycles. The van der Waals surface area contributed by atoms with E-state index in [-0.39, 0.29) is 27.3 Å². The second-order valence-electron chi connectivity index (χ2n) is 9.27. The molecule has 4 rings (SSSR count). The predicted molar refractivity (Wildman–Crippen MR) is 141 cm³/mol. The molecule has 1 aromatic heterocycles. The number of carbonyl (C=O) groups is 1. The van der Waals surface area contributed by atoms with Gasteiger partial charge in [0.25, 0.3) is 5.88 Å². The monoisotopic (exact) mass is 549 g/mol. The van der Waals surface area contributed by atoms with E-state index in [2.05, 4.69) is 9.88 Å². The van der Waals surface area contributed by atoms with Crippen LogP contribution in [-0.2, 0) is 14.9 Å². The Bertz CT molecular complexity index is 1220. The van der Waals surface area contributed by atoms with Crippen LogP contribution in [0.1, 0.15) is 43.5 Å². The molecule has 0 radical (unpaired) electrons. The molecule has 2 atom stereocenters. The molecule has 0 saturated carbocycles. The number of nitrogen functional groups attached to an aromatic ring is 1. The Labute approximate surface area is 225 Å². The van der Waals surface area contributed by atoms with Gasteiger partial charge >= 0.3 is 0 Å². The summed E-state index contributed by atoms with van der Waals surface area (Å²) in [4.78, 5) is 23.5. The summed E-state index contributed by atoms with van der Waals surface area (Å²) in [5.41, 5.74) is 12.5. The number of primary amides is 1. The molecule has 0 spiro atoms. The van der Waals surface area contributed by atoms with Gasteiger partial charge in [-0.2, -0.15) is 0 Å². The summed E-state index contributed by atoms with van der Waals surface area (Å²) in [6.45, 7) is 5.78. The van der Waals surface area contributed by atoms with Crippen molar-refractivity contribution in [3.8, 4) is 5.88 Å². The molecule has 11 heteroatoms. The highest BCUT2D eigenvalue weighted by Crippen LogP contribution is 2.41. The maximum atomic E-state index is 14.1. The molecule has 2 aromatic rings. The maximum Gasteiger partial charge on any atom is 0.258 e. The third-order valence-electron chi connectivity index (χ3n) is 6.79. The largest absolute Gasteiger partial charge is 0.467 e. The van der Waals surface area contributed by atoms with Gasteiger partial charge in [-0.1, -0.05) is 41.4 Å².